The van der Waals surface area contributed by atoms with E-state index in [1.807, 2.05) is 19.1 Å². The minimum Gasteiger partial charge on any atom is -0.493 e. The average Bonchev–Trinajstić information content (AvgIpc) is 3.00. The number of hydrogen-bond donors (Lipinski definition) is 3. The Labute approximate surface area is 143 Å². The molecule has 1 aliphatic rings. The molecule has 1 fully saturated rings. The minimum atomic E-state index is -0.556. The van der Waals surface area contributed by atoms with Crippen LogP contribution in [0.1, 0.15) is 38.2 Å². The molecule has 3 N–H and O–H groups in total. The molecule has 0 atom stereocenters. The molecule has 0 radical (unpaired) electrons. The van der Waals surface area contributed by atoms with Crippen LogP contribution in [0, 0.1) is 0 Å². The number of carbonyl (C=O) groups is 1. The van der Waals surface area contributed by atoms with Gasteiger partial charge in [0.15, 0.2) is 18.1 Å². The first-order chi connectivity index (χ1) is 11.6. The van der Waals surface area contributed by atoms with Gasteiger partial charge in [-0.05, 0) is 37.5 Å². The fourth-order valence-electron chi connectivity index (χ4n) is 2.98. The van der Waals surface area contributed by atoms with Gasteiger partial charge >= 0.3 is 0 Å². The summed E-state index contributed by atoms with van der Waals surface area (Å²) in [7, 11) is 1.58. The van der Waals surface area contributed by atoms with Gasteiger partial charge < -0.3 is 25.2 Å². The zero-order chi connectivity index (χ0) is 17.4. The van der Waals surface area contributed by atoms with Crippen molar-refractivity contribution in [3.05, 3.63) is 23.8 Å². The summed E-state index contributed by atoms with van der Waals surface area (Å²) in [5.74, 6) is 0.982. The third-order valence-corrected chi connectivity index (χ3v) is 4.28. The molecule has 0 bridgehead atoms. The van der Waals surface area contributed by atoms with Crippen molar-refractivity contribution >= 4 is 5.91 Å². The minimum absolute atomic E-state index is 0.0329. The summed E-state index contributed by atoms with van der Waals surface area (Å²) in [4.78, 5) is 11.5. The van der Waals surface area contributed by atoms with E-state index in [-0.39, 0.29) is 12.5 Å². The van der Waals surface area contributed by atoms with Gasteiger partial charge in [-0.3, -0.25) is 4.79 Å². The van der Waals surface area contributed by atoms with E-state index in [2.05, 4.69) is 10.6 Å². The third-order valence-electron chi connectivity index (χ3n) is 4.28. The van der Waals surface area contributed by atoms with Crippen molar-refractivity contribution in [2.24, 2.45) is 0 Å². The lowest BCUT2D eigenvalue weighted by Gasteiger charge is -2.22. The van der Waals surface area contributed by atoms with Gasteiger partial charge in [0.1, 0.15) is 0 Å². The van der Waals surface area contributed by atoms with Crippen LogP contribution in [0.25, 0.3) is 0 Å². The molecule has 0 unspecified atom stereocenters. The van der Waals surface area contributed by atoms with E-state index < -0.39 is 5.60 Å². The van der Waals surface area contributed by atoms with Crippen molar-refractivity contribution in [2.45, 2.75) is 44.8 Å². The number of likely N-dealkylation sites (N-methyl/N-ethyl adjacent to an activating group) is 1. The summed E-state index contributed by atoms with van der Waals surface area (Å²) in [6.07, 6.45) is 3.94. The molecule has 1 saturated carbocycles. The Morgan fingerprint density at radius 1 is 1.29 bits per heavy atom. The Bertz CT molecular complexity index is 542. The molecule has 1 aromatic carbocycles. The highest BCUT2D eigenvalue weighted by molar-refractivity contribution is 5.77. The summed E-state index contributed by atoms with van der Waals surface area (Å²) in [6, 6.07) is 5.62. The summed E-state index contributed by atoms with van der Waals surface area (Å²) in [5, 5.41) is 16.3. The fourth-order valence-corrected chi connectivity index (χ4v) is 2.98. The number of amides is 1. The van der Waals surface area contributed by atoms with Crippen LogP contribution in [0.3, 0.4) is 0 Å². The molecule has 1 aliphatic carbocycles. The quantitative estimate of drug-likeness (QED) is 0.638. The first kappa shape index (κ1) is 18.5. The van der Waals surface area contributed by atoms with Crippen LogP contribution in [0.4, 0.5) is 0 Å². The standard InChI is InChI=1S/C18H28N2O4/c1-3-20-17(21)12-24-15-7-6-14(10-16(15)23-2)11-19-13-18(22)8-4-5-9-18/h6-7,10,19,22H,3-5,8-9,11-13H2,1-2H3,(H,20,21). The maximum absolute atomic E-state index is 11.5. The lowest BCUT2D eigenvalue weighted by atomic mass is 10.0. The van der Waals surface area contributed by atoms with Crippen LogP contribution in [0.5, 0.6) is 11.5 Å². The van der Waals surface area contributed by atoms with Crippen LogP contribution in [-0.2, 0) is 11.3 Å². The van der Waals surface area contributed by atoms with E-state index >= 15 is 0 Å². The molecule has 134 valence electrons. The number of methoxy groups -OCH3 is 1. The molecule has 24 heavy (non-hydrogen) atoms. The fraction of sp³-hybridized carbons (Fsp3) is 0.611. The Balaban J connectivity index is 1.86. The second kappa shape index (κ2) is 8.89. The van der Waals surface area contributed by atoms with Crippen molar-refractivity contribution in [3.63, 3.8) is 0 Å². The Morgan fingerprint density at radius 3 is 2.71 bits per heavy atom. The van der Waals surface area contributed by atoms with Crippen LogP contribution in [-0.4, -0.2) is 43.4 Å². The van der Waals surface area contributed by atoms with Gasteiger partial charge in [-0.1, -0.05) is 18.9 Å². The van der Waals surface area contributed by atoms with Gasteiger partial charge in [-0.15, -0.1) is 0 Å². The second-order valence-corrected chi connectivity index (χ2v) is 6.26. The number of nitrogens with one attached hydrogen (secondary N) is 2. The number of hydrogen-bond acceptors (Lipinski definition) is 5. The number of ether oxygens (including phenoxy) is 2. The molecular weight excluding hydrogens is 308 g/mol. The first-order valence-corrected chi connectivity index (χ1v) is 8.56. The monoisotopic (exact) mass is 336 g/mol. The molecule has 6 heteroatoms. The first-order valence-electron chi connectivity index (χ1n) is 8.56. The molecule has 6 nitrogen and oxygen atoms in total. The largest absolute Gasteiger partial charge is 0.493 e. The van der Waals surface area contributed by atoms with Crippen molar-refractivity contribution in [1.82, 2.24) is 10.6 Å². The highest BCUT2D eigenvalue weighted by Crippen LogP contribution is 2.30. The molecule has 1 amide bonds. The smallest absolute Gasteiger partial charge is 0.257 e. The maximum Gasteiger partial charge on any atom is 0.257 e. The molecular formula is C18H28N2O4. The van der Waals surface area contributed by atoms with Crippen LogP contribution >= 0.6 is 0 Å². The molecule has 1 aromatic rings. The number of benzene rings is 1. The average molecular weight is 336 g/mol. The van der Waals surface area contributed by atoms with Gasteiger partial charge in [-0.25, -0.2) is 0 Å². The lowest BCUT2D eigenvalue weighted by molar-refractivity contribution is -0.123. The highest BCUT2D eigenvalue weighted by Gasteiger charge is 2.30. The van der Waals surface area contributed by atoms with Crippen LogP contribution < -0.4 is 20.1 Å². The predicted octanol–water partition coefficient (Wildman–Crippen LogP) is 1.60. The van der Waals surface area contributed by atoms with E-state index in [1.165, 1.54) is 0 Å². The molecule has 0 saturated heterocycles. The summed E-state index contributed by atoms with van der Waals surface area (Å²) in [6.45, 7) is 3.66. The van der Waals surface area contributed by atoms with Gasteiger partial charge in [0.2, 0.25) is 0 Å². The topological polar surface area (TPSA) is 79.8 Å². The van der Waals surface area contributed by atoms with Crippen molar-refractivity contribution < 1.29 is 19.4 Å². The van der Waals surface area contributed by atoms with Gasteiger partial charge in [0, 0.05) is 19.6 Å². The van der Waals surface area contributed by atoms with Crippen molar-refractivity contribution in [3.8, 4) is 11.5 Å². The normalized spacial score (nSPS) is 16.0. The zero-order valence-corrected chi connectivity index (χ0v) is 14.6. The van der Waals surface area contributed by atoms with E-state index in [0.717, 1.165) is 31.2 Å². The Morgan fingerprint density at radius 2 is 2.04 bits per heavy atom. The van der Waals surface area contributed by atoms with E-state index in [1.54, 1.807) is 13.2 Å². The lowest BCUT2D eigenvalue weighted by Crippen LogP contribution is -2.37. The number of rotatable bonds is 9. The van der Waals surface area contributed by atoms with E-state index in [0.29, 0.717) is 31.1 Å². The third kappa shape index (κ3) is 5.39. The molecule has 0 aromatic heterocycles. The number of aliphatic hydroxyl groups is 1. The second-order valence-electron chi connectivity index (χ2n) is 6.26. The van der Waals surface area contributed by atoms with Gasteiger partial charge in [0.25, 0.3) is 5.91 Å². The summed E-state index contributed by atoms with van der Waals surface area (Å²) >= 11 is 0. The van der Waals surface area contributed by atoms with Crippen molar-refractivity contribution in [2.75, 3.05) is 26.8 Å². The SMILES string of the molecule is CCNC(=O)COc1ccc(CNCC2(O)CCCC2)cc1OC. The number of carbonyl (C=O) groups excluding carboxylic acids is 1. The van der Waals surface area contributed by atoms with Gasteiger partial charge in [0.05, 0.1) is 12.7 Å². The molecule has 0 aliphatic heterocycles. The highest BCUT2D eigenvalue weighted by atomic mass is 16.5. The Kier molecular flexibility index (Phi) is 6.87. The van der Waals surface area contributed by atoms with Crippen LogP contribution in [0.15, 0.2) is 18.2 Å². The van der Waals surface area contributed by atoms with E-state index in [9.17, 15) is 9.90 Å². The Hall–Kier alpha value is -1.79. The molecule has 0 spiro atoms. The van der Waals surface area contributed by atoms with E-state index in [4.69, 9.17) is 9.47 Å². The predicted molar refractivity (Wildman–Crippen MR) is 92.3 cm³/mol. The molecule has 0 heterocycles. The summed E-state index contributed by atoms with van der Waals surface area (Å²) < 4.78 is 10.8. The zero-order valence-electron chi connectivity index (χ0n) is 14.6. The maximum atomic E-state index is 11.5. The van der Waals surface area contributed by atoms with Crippen LogP contribution in [0.2, 0.25) is 0 Å². The summed E-state index contributed by atoms with van der Waals surface area (Å²) in [5.41, 5.74) is 0.485. The van der Waals surface area contributed by atoms with Gasteiger partial charge in [-0.2, -0.15) is 0 Å². The molecule has 2 rings (SSSR count). The van der Waals surface area contributed by atoms with Crippen molar-refractivity contribution in [1.29, 1.82) is 0 Å².